The van der Waals surface area contributed by atoms with Gasteiger partial charge in [-0.05, 0) is 0 Å². The molecule has 0 aromatic carbocycles. The molecule has 7 aliphatic rings. The molecule has 7 fully saturated rings. The first-order valence-corrected chi connectivity index (χ1v) is 32.1. The first kappa shape index (κ1) is 102. The lowest BCUT2D eigenvalue weighted by Gasteiger charge is -2.44. The zero-order chi connectivity index (χ0) is 83.0. The Morgan fingerprint density at radius 1 is 0.402 bits per heavy atom. The van der Waals surface area contributed by atoms with Crippen LogP contribution in [0.2, 0.25) is 0 Å². The summed E-state index contributed by atoms with van der Waals surface area (Å²) < 4.78 is 46.9. The number of carbonyl (C=O) groups is 2. The van der Waals surface area contributed by atoms with Gasteiger partial charge in [0.2, 0.25) is 17.4 Å². The molecule has 1 saturated carbocycles. The Morgan fingerprint density at radius 2 is 0.710 bits per heavy atom. The van der Waals surface area contributed by atoms with Crippen molar-refractivity contribution in [3.63, 3.8) is 0 Å². The molecule has 31 atom stereocenters. The topological polar surface area (TPSA) is 909 Å². The number of aliphatic hydroxyl groups excluding tert-OH is 37. The smallest absolute Gasteiger partial charge is 0.224 e. The minimum Gasteiger partial charge on any atom is -0.544 e. The van der Waals surface area contributed by atoms with Crippen molar-refractivity contribution in [2.75, 3.05) is 107 Å². The molecule has 38 N–H and O–H groups in total. The number of hydrogen-bond acceptors (Lipinski definition) is 50. The van der Waals surface area contributed by atoms with Gasteiger partial charge in [-0.25, -0.2) is 0 Å². The largest absolute Gasteiger partial charge is 0.544 e. The molecule has 6 heterocycles. The number of nitrogens with zero attached hydrogens (tertiary/aromatic N) is 1. The summed E-state index contributed by atoms with van der Waals surface area (Å²) in [6, 6.07) is 0. The maximum absolute atomic E-state index is 10.3. The van der Waals surface area contributed by atoms with E-state index in [1.165, 1.54) is 0 Å². The maximum atomic E-state index is 10.3. The van der Waals surface area contributed by atoms with E-state index in [9.17, 15) is 107 Å². The second-order valence-electron chi connectivity index (χ2n) is 25.9. The Labute approximate surface area is 605 Å². The van der Waals surface area contributed by atoms with Crippen LogP contribution in [-0.2, 0) is 52.2 Å². The highest BCUT2D eigenvalue weighted by Crippen LogP contribution is 2.38. The molecule has 0 unspecified atom stereocenters. The molecule has 0 aromatic rings. The van der Waals surface area contributed by atoms with Crippen LogP contribution in [0.15, 0.2) is 0 Å². The molecule has 1 aliphatic carbocycles. The Balaban J connectivity index is 0.000000678. The number of likely N-dealkylation sites (N-methyl/N-ethyl adjacent to an activating group) is 1. The van der Waals surface area contributed by atoms with Crippen molar-refractivity contribution in [1.82, 2.24) is 0 Å². The molecule has 51 nitrogen and oxygen atoms in total. The summed E-state index contributed by atoms with van der Waals surface area (Å²) in [5.41, 5.74) is 0. The van der Waals surface area contributed by atoms with Crippen molar-refractivity contribution < 1.29 is 256 Å². The van der Waals surface area contributed by atoms with Gasteiger partial charge in [0.1, 0.15) is 215 Å². The number of carboxylic acids is 1. The highest BCUT2D eigenvalue weighted by atomic mass is 16.8. The van der Waals surface area contributed by atoms with Gasteiger partial charge >= 0.3 is 0 Å². The molecule has 6 saturated heterocycles. The van der Waals surface area contributed by atoms with Crippen LogP contribution in [0.25, 0.3) is 0 Å². The lowest BCUT2D eigenvalue weighted by molar-refractivity contribution is -0.864. The summed E-state index contributed by atoms with van der Waals surface area (Å²) in [6.45, 7) is -8.24. The summed E-state index contributed by atoms with van der Waals surface area (Å²) in [5.74, 6) is -7.74. The summed E-state index contributed by atoms with van der Waals surface area (Å²) >= 11 is 0. The zero-order valence-corrected chi connectivity index (χ0v) is 57.3. The van der Waals surface area contributed by atoms with Crippen LogP contribution in [0.5, 0.6) is 0 Å². The van der Waals surface area contributed by atoms with E-state index in [1.54, 1.807) is 21.1 Å². The van der Waals surface area contributed by atoms with Crippen LogP contribution in [0.4, 0.5) is 0 Å². The fourth-order valence-corrected chi connectivity index (χ4v) is 10.1. The van der Waals surface area contributed by atoms with Crippen LogP contribution in [0.1, 0.15) is 0 Å². The van der Waals surface area contributed by atoms with Crippen molar-refractivity contribution in [2.45, 2.75) is 232 Å². The molecule has 0 amide bonds. The van der Waals surface area contributed by atoms with Crippen molar-refractivity contribution in [3.05, 3.63) is 0 Å². The first-order chi connectivity index (χ1) is 49.6. The molecule has 0 radical (unpaired) electrons. The maximum Gasteiger partial charge on any atom is 0.224 e. The van der Waals surface area contributed by atoms with Crippen molar-refractivity contribution in [3.8, 4) is 0 Å². The predicted molar refractivity (Wildman–Crippen MR) is 327 cm³/mol. The zero-order valence-electron chi connectivity index (χ0n) is 57.3. The van der Waals surface area contributed by atoms with Gasteiger partial charge < -0.3 is 256 Å². The number of carbonyl (C=O) groups excluding carboxylic acids is 2. The minimum atomic E-state index is -2.36. The summed E-state index contributed by atoms with van der Waals surface area (Å²) in [4.78, 5) is 19.8. The molecule has 51 heteroatoms. The lowest BCUT2D eigenvalue weighted by Crippen LogP contribution is -2.63. The summed E-state index contributed by atoms with van der Waals surface area (Å²) in [7, 11) is 5.40. The molecular weight excluding hydrogens is 1490 g/mol. The van der Waals surface area contributed by atoms with Gasteiger partial charge in [0, 0.05) is 0 Å². The normalized spacial score (nSPS) is 43.0. The van der Waals surface area contributed by atoms with Gasteiger partial charge in [-0.2, -0.15) is 0 Å². The number of hydrogen-bond donors (Lipinski definition) is 38. The second-order valence-corrected chi connectivity index (χ2v) is 25.9. The van der Waals surface area contributed by atoms with E-state index < -0.39 is 304 Å². The fraction of sp³-hybridized carbons (Fsp3) is 0.964. The van der Waals surface area contributed by atoms with Crippen molar-refractivity contribution in [2.24, 2.45) is 0 Å². The molecule has 0 aromatic heterocycles. The van der Waals surface area contributed by atoms with E-state index in [0.717, 1.165) is 0 Å². The molecular formula is C56H109NO50. The average molecular weight is 1600 g/mol. The van der Waals surface area contributed by atoms with E-state index in [2.05, 4.69) is 4.74 Å². The van der Waals surface area contributed by atoms with E-state index in [4.69, 9.17) is 140 Å². The molecule has 0 spiro atoms. The number of carboxylic acid groups (broad SMARTS) is 1. The fourth-order valence-electron chi connectivity index (χ4n) is 10.1. The minimum absolute atomic E-state index is 0.0258. The number of rotatable bonds is 24. The number of aliphatic hydroxyl groups is 38. The SMILES string of the molecule is C[N+](C)(C)CC(=O)[O-].O=C[C@H](O)[C@@H](O)[C@H](O)[C@H](O)CO.OCC(O)CO.OC[C@H]1O[C@@](CO)(O[C@H]2O[C@H](CO)[C@@H](O)[C@H](O)[C@H]2O)[C@@H](O)[C@@H]1O.OC[C@H]1O[C@H](OC[C@H]2O[C@H](O[C@]3(CO)O[C@H](CO)[C@@H](O)[C@@H]3O)[C@H](O)[C@@H](O)[C@@H]2O)[C@H](O)[C@@H](O)[C@H]1O.OC[C@H]1O[C@](O)(CO)[C@@H](O)[C@@H]1O.O[C@H]1[C@H](O)[C@@H](O)[C@H](O)[C@@H](O)[C@H]1O. The van der Waals surface area contributed by atoms with Crippen molar-refractivity contribution >= 4 is 12.3 Å². The van der Waals surface area contributed by atoms with Crippen LogP contribution < -0.4 is 5.11 Å². The Morgan fingerprint density at radius 3 is 0.963 bits per heavy atom. The number of quaternary nitrogens is 1. The van der Waals surface area contributed by atoms with E-state index >= 15 is 0 Å². The molecule has 0 bridgehead atoms. The standard InChI is InChI=1S/C18H32O16.C12H22O11.3C6H12O6.C5H11NO2.C3H8O3/c19-1-5-8(22)11(25)13(27)16(31-5)30-3-7-9(23)12(26)14(28)17(32-7)34-18(4-21)15(29)10(24)6(2-20)33-18;13-1-4-6(16)8(18)9(19)11(21-4)23-12(3-15)10(20)7(17)5(2-14)22-12;7-1-3-4(9)5(10)6(11,2-8)12-3;7-1-2(8)4(10)6(12)5(11)3(1)9;7-1-3(9)5(11)6(12)4(10)2-8;1-6(2,3)4-5(7)8;4-1-3(6)2-5/h5-17,19-29H,1-4H2;4-11,13-20H,1-3H2;3-5,7-11H,1-2H2;1-12H;1,3-6,8-12H,2H2;4H2,1-3H3;3-6H,1-2H2/t5-,6-,7-,8+,9-,10-,11+,12+,13-,14-,15+,16+,17-,18+;4-,5-,6-,7-,8+,9-,10+,11-,12+;3-,4-,5+,6-;1-,2-,3-,4+,5-,6-;3-,4+,5+,6+;;/m111.0../s1. The summed E-state index contributed by atoms with van der Waals surface area (Å²) in [6.07, 6.45) is -56.1. The van der Waals surface area contributed by atoms with Gasteiger partial charge in [0.05, 0.1) is 93.2 Å². The van der Waals surface area contributed by atoms with Gasteiger partial charge in [-0.15, -0.1) is 0 Å². The molecule has 7 rings (SSSR count). The van der Waals surface area contributed by atoms with Gasteiger partial charge in [-0.3, -0.25) is 0 Å². The highest BCUT2D eigenvalue weighted by molar-refractivity contribution is 5.65. The number of aldehydes is 1. The third-order valence-electron chi connectivity index (χ3n) is 16.7. The van der Waals surface area contributed by atoms with E-state index in [0.29, 0.717) is 4.48 Å². The van der Waals surface area contributed by atoms with E-state index in [1.807, 2.05) is 0 Å². The van der Waals surface area contributed by atoms with Crippen LogP contribution in [0, 0.1) is 0 Å². The summed E-state index contributed by atoms with van der Waals surface area (Å²) in [5, 5.41) is 362. The average Bonchev–Trinajstić information content (AvgIpc) is 1.67. The Bertz CT molecular complexity index is 2370. The van der Waals surface area contributed by atoms with Crippen LogP contribution >= 0.6 is 0 Å². The number of aliphatic carboxylic acids is 1. The van der Waals surface area contributed by atoms with Crippen LogP contribution in [0.3, 0.4) is 0 Å². The number of ether oxygens (including phenoxy) is 9. The highest BCUT2D eigenvalue weighted by Gasteiger charge is 2.61. The van der Waals surface area contributed by atoms with Gasteiger partial charge in [-0.1, -0.05) is 0 Å². The van der Waals surface area contributed by atoms with Gasteiger partial charge in [0.15, 0.2) is 25.2 Å². The third-order valence-corrected chi connectivity index (χ3v) is 16.7. The monoisotopic (exact) mass is 1600 g/mol. The van der Waals surface area contributed by atoms with Crippen LogP contribution in [-0.4, -0.2) is 549 Å². The lowest BCUT2D eigenvalue weighted by atomic mass is 9.85. The predicted octanol–water partition coefficient (Wildman–Crippen LogP) is -26.6. The van der Waals surface area contributed by atoms with Crippen molar-refractivity contribution in [1.29, 1.82) is 0 Å². The molecule has 107 heavy (non-hydrogen) atoms. The van der Waals surface area contributed by atoms with E-state index in [-0.39, 0.29) is 26.0 Å². The molecule has 638 valence electrons. The second kappa shape index (κ2) is 46.5. The van der Waals surface area contributed by atoms with Gasteiger partial charge in [0.25, 0.3) is 0 Å². The molecule has 6 aliphatic heterocycles. The third kappa shape index (κ3) is 27.2. The quantitative estimate of drug-likeness (QED) is 0.0315. The first-order valence-electron chi connectivity index (χ1n) is 32.1. The Kier molecular flexibility index (Phi) is 44.5. The Hall–Kier alpha value is -2.78.